The zero-order valence-corrected chi connectivity index (χ0v) is 31.6. The standard InChI is InChI=1S/C33H38BrN5O14/c1-15(27(42)39(33-37-13-14-38(33)21(7)40)24-10-9-23-26(25(24)34)36-12-11-35-23)49-29(44)17(3)51-31(46)19(5)53-32(47)20(6)52-30(45)18(4)50-28(43)16(2)48-22(8)41/h9-12,15-20H,13-14H2,1-8H3/t15-,16-,17-,18-,19-,20-/m1/s1. The number of fused-ring (bicyclic) bond motifs is 1. The van der Waals surface area contributed by atoms with E-state index in [2.05, 4.69) is 35.6 Å². The number of ether oxygens (including phenoxy) is 6. The molecular formula is C33H38BrN5O14. The lowest BCUT2D eigenvalue weighted by Gasteiger charge is -2.30. The van der Waals surface area contributed by atoms with Crippen molar-refractivity contribution < 1.29 is 66.8 Å². The van der Waals surface area contributed by atoms with Crippen LogP contribution in [0.4, 0.5) is 5.69 Å². The molecule has 53 heavy (non-hydrogen) atoms. The van der Waals surface area contributed by atoms with Crippen molar-refractivity contribution in [2.75, 3.05) is 18.0 Å². The van der Waals surface area contributed by atoms with Crippen LogP contribution in [-0.2, 0) is 66.8 Å². The number of amides is 2. The summed E-state index contributed by atoms with van der Waals surface area (Å²) in [5.74, 6) is -7.59. The van der Waals surface area contributed by atoms with Crippen molar-refractivity contribution in [3.63, 3.8) is 0 Å². The number of rotatable bonds is 13. The lowest BCUT2D eigenvalue weighted by molar-refractivity contribution is -0.187. The fraction of sp³-hybridized carbons (Fsp3) is 0.485. The van der Waals surface area contributed by atoms with Crippen LogP contribution in [0.3, 0.4) is 0 Å². The molecule has 2 amide bonds. The van der Waals surface area contributed by atoms with E-state index in [1.807, 2.05) is 0 Å². The van der Waals surface area contributed by atoms with Gasteiger partial charge in [-0.15, -0.1) is 0 Å². The smallest absolute Gasteiger partial charge is 0.347 e. The van der Waals surface area contributed by atoms with Crippen molar-refractivity contribution in [2.24, 2.45) is 4.99 Å². The topological polar surface area (TPSA) is 237 Å². The minimum absolute atomic E-state index is 0.00583. The summed E-state index contributed by atoms with van der Waals surface area (Å²) in [5, 5.41) is 0. The zero-order valence-electron chi connectivity index (χ0n) is 30.0. The molecule has 19 nitrogen and oxygen atoms in total. The normalized spacial score (nSPS) is 15.7. The predicted octanol–water partition coefficient (Wildman–Crippen LogP) is 1.55. The van der Waals surface area contributed by atoms with Gasteiger partial charge < -0.3 is 28.4 Å². The first-order valence-corrected chi connectivity index (χ1v) is 16.9. The number of esters is 6. The molecule has 0 spiro atoms. The van der Waals surface area contributed by atoms with Gasteiger partial charge in [0.05, 0.1) is 22.2 Å². The van der Waals surface area contributed by atoms with E-state index >= 15 is 0 Å². The summed E-state index contributed by atoms with van der Waals surface area (Å²) in [7, 11) is 0. The van der Waals surface area contributed by atoms with E-state index in [0.717, 1.165) is 39.5 Å². The number of aromatic nitrogens is 2. The molecule has 1 aliphatic rings. The fourth-order valence-electron chi connectivity index (χ4n) is 4.49. The number of hydrogen-bond donors (Lipinski definition) is 0. The van der Waals surface area contributed by atoms with Crippen LogP contribution in [0.25, 0.3) is 11.0 Å². The highest BCUT2D eigenvalue weighted by Gasteiger charge is 2.38. The number of benzene rings is 1. The molecule has 3 rings (SSSR count). The summed E-state index contributed by atoms with van der Waals surface area (Å²) in [5.41, 5.74) is 1.15. The van der Waals surface area contributed by atoms with Gasteiger partial charge in [0, 0.05) is 32.8 Å². The van der Waals surface area contributed by atoms with Crippen molar-refractivity contribution >= 4 is 86.2 Å². The Morgan fingerprint density at radius 2 is 1.09 bits per heavy atom. The van der Waals surface area contributed by atoms with Crippen molar-refractivity contribution in [1.29, 1.82) is 0 Å². The molecule has 2 aromatic rings. The molecule has 0 saturated heterocycles. The summed E-state index contributed by atoms with van der Waals surface area (Å²) in [6.07, 6.45) is -6.09. The van der Waals surface area contributed by atoms with Gasteiger partial charge in [0.1, 0.15) is 5.52 Å². The van der Waals surface area contributed by atoms with Gasteiger partial charge in [-0.3, -0.25) is 34.2 Å². The van der Waals surface area contributed by atoms with E-state index in [0.29, 0.717) is 15.5 Å². The van der Waals surface area contributed by atoms with E-state index in [4.69, 9.17) is 23.7 Å². The minimum atomic E-state index is -1.60. The van der Waals surface area contributed by atoms with Crippen LogP contribution >= 0.6 is 15.9 Å². The number of nitrogens with zero attached hydrogens (tertiary/aromatic N) is 5. The minimum Gasteiger partial charge on any atom is -0.451 e. The zero-order chi connectivity index (χ0) is 39.7. The van der Waals surface area contributed by atoms with E-state index < -0.39 is 78.3 Å². The average Bonchev–Trinajstić information content (AvgIpc) is 3.58. The molecule has 1 aliphatic heterocycles. The van der Waals surface area contributed by atoms with Crippen molar-refractivity contribution in [2.45, 2.75) is 92.0 Å². The molecule has 0 radical (unpaired) electrons. The lowest BCUT2D eigenvalue weighted by Crippen LogP contribution is -2.51. The Labute approximate surface area is 311 Å². The van der Waals surface area contributed by atoms with Gasteiger partial charge in [-0.25, -0.2) is 28.9 Å². The van der Waals surface area contributed by atoms with Crippen molar-refractivity contribution in [1.82, 2.24) is 14.9 Å². The molecule has 1 aromatic heterocycles. The van der Waals surface area contributed by atoms with E-state index in [9.17, 15) is 38.4 Å². The third kappa shape index (κ3) is 10.7. The molecule has 286 valence electrons. The van der Waals surface area contributed by atoms with Gasteiger partial charge in [-0.2, -0.15) is 0 Å². The SMILES string of the molecule is CC(=O)O[C@H](C)C(=O)O[C@H](C)C(=O)O[C@H](C)C(=O)O[C@H](C)C(=O)O[C@H](C)C(=O)O[C@H](C)C(=O)N(C1=NCCN1C(C)=O)c1ccc2nccnc2c1Br. The third-order valence-electron chi connectivity index (χ3n) is 7.23. The number of halogens is 1. The molecule has 20 heteroatoms. The van der Waals surface area contributed by atoms with Crippen LogP contribution in [0.5, 0.6) is 0 Å². The fourth-order valence-corrected chi connectivity index (χ4v) is 5.10. The Morgan fingerprint density at radius 1 is 0.660 bits per heavy atom. The van der Waals surface area contributed by atoms with Gasteiger partial charge in [0.2, 0.25) is 11.9 Å². The van der Waals surface area contributed by atoms with Crippen LogP contribution in [0.1, 0.15) is 55.4 Å². The third-order valence-corrected chi connectivity index (χ3v) is 8.01. The van der Waals surface area contributed by atoms with Crippen molar-refractivity contribution in [3.05, 3.63) is 29.0 Å². The Balaban J connectivity index is 1.62. The Hall–Kier alpha value is -5.53. The molecule has 0 aliphatic carbocycles. The Bertz CT molecular complexity index is 1820. The lowest BCUT2D eigenvalue weighted by atomic mass is 10.2. The molecule has 0 saturated carbocycles. The summed E-state index contributed by atoms with van der Waals surface area (Å²) < 4.78 is 30.3. The maximum Gasteiger partial charge on any atom is 0.347 e. The average molecular weight is 809 g/mol. The number of anilines is 1. The maximum atomic E-state index is 13.9. The van der Waals surface area contributed by atoms with Crippen molar-refractivity contribution in [3.8, 4) is 0 Å². The van der Waals surface area contributed by atoms with E-state index in [-0.39, 0.29) is 30.6 Å². The second-order valence-corrected chi connectivity index (χ2v) is 12.3. The first-order chi connectivity index (χ1) is 24.8. The highest BCUT2D eigenvalue weighted by Crippen LogP contribution is 2.34. The molecule has 0 bridgehead atoms. The second-order valence-electron chi connectivity index (χ2n) is 11.5. The molecule has 1 aromatic carbocycles. The van der Waals surface area contributed by atoms with Crippen LogP contribution in [0, 0.1) is 0 Å². The Morgan fingerprint density at radius 3 is 1.55 bits per heavy atom. The first kappa shape index (κ1) is 41.9. The maximum absolute atomic E-state index is 13.9. The van der Waals surface area contributed by atoms with Gasteiger partial charge in [0.15, 0.2) is 36.6 Å². The predicted molar refractivity (Wildman–Crippen MR) is 183 cm³/mol. The van der Waals surface area contributed by atoms with Crippen LogP contribution in [-0.4, -0.2) is 118 Å². The molecule has 6 atom stereocenters. The Kier molecular flexibility index (Phi) is 14.5. The van der Waals surface area contributed by atoms with Gasteiger partial charge in [-0.1, -0.05) is 0 Å². The summed E-state index contributed by atoms with van der Waals surface area (Å²) in [4.78, 5) is 115. The highest BCUT2D eigenvalue weighted by atomic mass is 79.9. The largest absolute Gasteiger partial charge is 0.451 e. The number of carbonyl (C=O) groups is 8. The first-order valence-electron chi connectivity index (χ1n) is 16.1. The van der Waals surface area contributed by atoms with Crippen LogP contribution in [0.2, 0.25) is 0 Å². The summed E-state index contributed by atoms with van der Waals surface area (Å²) >= 11 is 3.47. The van der Waals surface area contributed by atoms with E-state index in [1.54, 1.807) is 12.1 Å². The van der Waals surface area contributed by atoms with Gasteiger partial charge >= 0.3 is 35.8 Å². The number of guanidine groups is 1. The highest BCUT2D eigenvalue weighted by molar-refractivity contribution is 9.10. The molecular weight excluding hydrogens is 770 g/mol. The molecule has 2 heterocycles. The molecule has 0 unspecified atom stereocenters. The summed E-state index contributed by atoms with van der Waals surface area (Å²) in [6, 6.07) is 3.17. The quantitative estimate of drug-likeness (QED) is 0.206. The van der Waals surface area contributed by atoms with Gasteiger partial charge in [-0.05, 0) is 69.6 Å². The second kappa shape index (κ2) is 18.3. The number of aliphatic imine (C=N–C) groups is 1. The van der Waals surface area contributed by atoms with E-state index in [1.165, 1.54) is 38.1 Å². The van der Waals surface area contributed by atoms with Crippen LogP contribution < -0.4 is 4.90 Å². The number of carbonyl (C=O) groups excluding carboxylic acids is 8. The monoisotopic (exact) mass is 807 g/mol. The van der Waals surface area contributed by atoms with Crippen LogP contribution in [0.15, 0.2) is 34.0 Å². The molecule has 0 N–H and O–H groups in total. The summed E-state index contributed by atoms with van der Waals surface area (Å²) in [6.45, 7) is 9.90. The molecule has 0 fully saturated rings. The van der Waals surface area contributed by atoms with Gasteiger partial charge in [0.25, 0.3) is 5.91 Å². The number of hydrogen-bond acceptors (Lipinski definition) is 17.